The summed E-state index contributed by atoms with van der Waals surface area (Å²) in [5.74, 6) is 1.35. The number of nitrogens with zero attached hydrogens (tertiary/aromatic N) is 6. The fourth-order valence-corrected chi connectivity index (χ4v) is 14.3. The normalized spacial score (nSPS) is 12.1. The van der Waals surface area contributed by atoms with Crippen LogP contribution >= 0.6 is 0 Å². The van der Waals surface area contributed by atoms with Gasteiger partial charge < -0.3 is 13.7 Å². The van der Waals surface area contributed by atoms with Gasteiger partial charge in [0.05, 0.1) is 49.9 Å². The molecule has 6 nitrogen and oxygen atoms in total. The van der Waals surface area contributed by atoms with Crippen molar-refractivity contribution in [1.29, 1.82) is 0 Å². The van der Waals surface area contributed by atoms with Gasteiger partial charge in [-0.3, -0.25) is 0 Å². The van der Waals surface area contributed by atoms with Crippen LogP contribution in [0.4, 0.5) is 26.3 Å². The monoisotopic (exact) mass is 1270 g/mol. The van der Waals surface area contributed by atoms with Crippen LogP contribution in [0.25, 0.3) is 161 Å². The van der Waals surface area contributed by atoms with Crippen LogP contribution in [-0.4, -0.2) is 28.7 Å². The van der Waals surface area contributed by atoms with Gasteiger partial charge >= 0.3 is 12.4 Å². The Morgan fingerprint density at radius 2 is 0.588 bits per heavy atom. The zero-order valence-corrected chi connectivity index (χ0v) is 52.2. The van der Waals surface area contributed by atoms with Crippen molar-refractivity contribution < 1.29 is 26.3 Å². The smallest absolute Gasteiger partial charge is 0.309 e. The topological polar surface area (TPSA) is 53.5 Å². The van der Waals surface area contributed by atoms with Gasteiger partial charge in [-0.1, -0.05) is 182 Å². The van der Waals surface area contributed by atoms with Crippen LogP contribution in [0, 0.1) is 13.8 Å². The third kappa shape index (κ3) is 10.3. The van der Waals surface area contributed by atoms with Crippen molar-refractivity contribution in [3.63, 3.8) is 0 Å². The van der Waals surface area contributed by atoms with Gasteiger partial charge in [0.25, 0.3) is 0 Å². The van der Waals surface area contributed by atoms with E-state index in [1.54, 1.807) is 26.0 Å². The molecule has 12 heteroatoms. The lowest BCUT2D eigenvalue weighted by Gasteiger charge is -2.22. The largest absolute Gasteiger partial charge is 0.416 e. The average Bonchev–Trinajstić information content (AvgIpc) is 1.79. The zero-order valence-electron chi connectivity index (χ0n) is 52.2. The number of halogens is 6. The van der Waals surface area contributed by atoms with Crippen LogP contribution in [0.5, 0.6) is 0 Å². The fourth-order valence-electron chi connectivity index (χ4n) is 14.3. The van der Waals surface area contributed by atoms with E-state index in [4.69, 9.17) is 15.0 Å². The number of hydrogen-bond acceptors (Lipinski definition) is 3. The van der Waals surface area contributed by atoms with Crippen molar-refractivity contribution in [2.24, 2.45) is 0 Å². The second-order valence-corrected chi connectivity index (χ2v) is 24.8. The number of hydrogen-bond donors (Lipinski definition) is 0. The molecule has 0 aliphatic heterocycles. The second-order valence-electron chi connectivity index (χ2n) is 24.8. The molecule has 17 aromatic rings. The van der Waals surface area contributed by atoms with Crippen molar-refractivity contribution in [3.05, 3.63) is 313 Å². The molecule has 97 heavy (non-hydrogen) atoms. The number of rotatable bonds is 10. The molecule has 0 saturated heterocycles. The minimum Gasteiger partial charge on any atom is -0.309 e. The maximum absolute atomic E-state index is 14.7. The molecular weight excluding hydrogens is 1220 g/mol. The van der Waals surface area contributed by atoms with E-state index in [1.165, 1.54) is 12.1 Å². The maximum Gasteiger partial charge on any atom is 0.416 e. The molecular formula is C85H54F6N6. The lowest BCUT2D eigenvalue weighted by atomic mass is 9.92. The van der Waals surface area contributed by atoms with Gasteiger partial charge in [-0.25, -0.2) is 15.0 Å². The van der Waals surface area contributed by atoms with Gasteiger partial charge in [-0.05, 0) is 168 Å². The third-order valence-corrected chi connectivity index (χ3v) is 18.5. The Kier molecular flexibility index (Phi) is 13.8. The molecule has 466 valence electrons. The van der Waals surface area contributed by atoms with Crippen molar-refractivity contribution in [1.82, 2.24) is 28.7 Å². The molecule has 0 aliphatic carbocycles. The number of alkyl halides is 6. The van der Waals surface area contributed by atoms with Crippen LogP contribution < -0.4 is 0 Å². The Labute approximate surface area is 552 Å². The first-order chi connectivity index (χ1) is 47.1. The van der Waals surface area contributed by atoms with Gasteiger partial charge in [0.2, 0.25) is 0 Å². The van der Waals surface area contributed by atoms with E-state index < -0.39 is 23.5 Å². The number of aryl methyl sites for hydroxylation is 2. The number of aromatic nitrogens is 6. The molecule has 0 bridgehead atoms. The summed E-state index contributed by atoms with van der Waals surface area (Å²) < 4.78 is 95.2. The Morgan fingerprint density at radius 3 is 0.969 bits per heavy atom. The molecule has 0 amide bonds. The summed E-state index contributed by atoms with van der Waals surface area (Å²) in [5, 5.41) is 5.70. The first kappa shape index (κ1) is 58.7. The van der Waals surface area contributed by atoms with E-state index >= 15 is 0 Å². The molecule has 0 saturated carbocycles. The quantitative estimate of drug-likeness (QED) is 0.128. The first-order valence-corrected chi connectivity index (χ1v) is 31.9. The van der Waals surface area contributed by atoms with Crippen molar-refractivity contribution in [2.75, 3.05) is 0 Å². The minimum absolute atomic E-state index is 0.358. The van der Waals surface area contributed by atoms with Crippen LogP contribution in [0.15, 0.2) is 291 Å². The first-order valence-electron chi connectivity index (χ1n) is 31.9. The highest BCUT2D eigenvalue weighted by atomic mass is 19.4. The van der Waals surface area contributed by atoms with E-state index in [-0.39, 0.29) is 0 Å². The van der Waals surface area contributed by atoms with Gasteiger partial charge in [0, 0.05) is 71.5 Å². The van der Waals surface area contributed by atoms with Crippen LogP contribution in [0.2, 0.25) is 0 Å². The van der Waals surface area contributed by atoms with E-state index in [1.807, 2.05) is 121 Å². The molecule has 0 N–H and O–H groups in total. The van der Waals surface area contributed by atoms with Crippen LogP contribution in [0.3, 0.4) is 0 Å². The van der Waals surface area contributed by atoms with Crippen molar-refractivity contribution in [3.8, 4) is 95.7 Å². The minimum atomic E-state index is -4.62. The van der Waals surface area contributed by atoms with Gasteiger partial charge in [0.15, 0.2) is 17.5 Å². The Morgan fingerprint density at radius 1 is 0.247 bits per heavy atom. The van der Waals surface area contributed by atoms with Gasteiger partial charge in [0.1, 0.15) is 0 Å². The molecule has 13 aromatic carbocycles. The lowest BCUT2D eigenvalue weighted by molar-refractivity contribution is -0.138. The fraction of sp³-hybridized carbons (Fsp3) is 0.0471. The van der Waals surface area contributed by atoms with Gasteiger partial charge in [-0.2, -0.15) is 26.3 Å². The molecule has 4 heterocycles. The van der Waals surface area contributed by atoms with Gasteiger partial charge in [-0.15, -0.1) is 0 Å². The highest BCUT2D eigenvalue weighted by Gasteiger charge is 2.33. The predicted octanol–water partition coefficient (Wildman–Crippen LogP) is 23.5. The summed E-state index contributed by atoms with van der Waals surface area (Å²) in [6.45, 7) is 3.29. The van der Waals surface area contributed by atoms with E-state index in [0.717, 1.165) is 106 Å². The summed E-state index contributed by atoms with van der Waals surface area (Å²) >= 11 is 0. The molecule has 0 spiro atoms. The third-order valence-electron chi connectivity index (χ3n) is 18.5. The maximum atomic E-state index is 14.7. The molecule has 4 aromatic heterocycles. The van der Waals surface area contributed by atoms with Crippen LogP contribution in [0.1, 0.15) is 22.3 Å². The summed E-state index contributed by atoms with van der Waals surface area (Å²) in [4.78, 5) is 15.9. The second kappa shape index (κ2) is 22.8. The Bertz CT molecular complexity index is 5550. The highest BCUT2D eigenvalue weighted by molar-refractivity contribution is 6.14. The highest BCUT2D eigenvalue weighted by Crippen LogP contribution is 2.48. The number of benzene rings is 13. The SMILES string of the molecule is Cc1cc(-c2ccc3c(c2)c2cc(-c4cc(C)cc(C(F)(F)F)c4)ccc2n3-c2c(-c3cccc(-n4c5ccccc5c5ccccc54)c3)cc(-c3nc(-c4ccccc4)nc(-c4ccccc4)n3)cc2-c2cccc(-n3c4ccccc4c4ccccc43)c2)cc(C(F)(F)F)c1. The standard InChI is InChI=1S/C85H54F6N6/c1-51-39-59(43-62(41-51)84(86,87)88)55-35-37-78-72(47-55)73-48-56(60-40-52(2)42-63(44-60)85(89,90)91)36-38-79(73)97(78)80-70(57-23-17-25-64(45-57)95-74-31-13-9-27-66(74)67-28-10-14-32-75(67)95)49-61(83-93-81(53-19-5-3-6-20-53)92-82(94-83)54-21-7-4-8-22-54)50-71(80)58-24-18-26-65(46-58)96-76-33-15-11-29-68(76)69-30-12-16-34-77(69)96/h3-50H,1-2H3. The molecule has 0 fully saturated rings. The molecule has 0 atom stereocenters. The summed E-state index contributed by atoms with van der Waals surface area (Å²) in [7, 11) is 0. The average molecular weight is 1270 g/mol. The van der Waals surface area contributed by atoms with Crippen molar-refractivity contribution in [2.45, 2.75) is 26.2 Å². The van der Waals surface area contributed by atoms with E-state index in [0.29, 0.717) is 78.2 Å². The van der Waals surface area contributed by atoms with E-state index in [2.05, 4.69) is 147 Å². The van der Waals surface area contributed by atoms with Crippen molar-refractivity contribution >= 4 is 65.4 Å². The Hall–Kier alpha value is -12.2. The lowest BCUT2D eigenvalue weighted by Crippen LogP contribution is -2.05. The summed E-state index contributed by atoms with van der Waals surface area (Å²) in [6.07, 6.45) is -9.24. The summed E-state index contributed by atoms with van der Waals surface area (Å²) in [5.41, 5.74) is 14.4. The molecule has 0 radical (unpaired) electrons. The Balaban J connectivity index is 1.02. The molecule has 0 unspecified atom stereocenters. The van der Waals surface area contributed by atoms with Crippen LogP contribution in [-0.2, 0) is 12.4 Å². The summed E-state index contributed by atoms with van der Waals surface area (Å²) in [6, 6.07) is 93.9. The molecule has 17 rings (SSSR count). The van der Waals surface area contributed by atoms with E-state index in [9.17, 15) is 26.3 Å². The zero-order chi connectivity index (χ0) is 65.8. The number of para-hydroxylation sites is 4. The number of fused-ring (bicyclic) bond motifs is 9. The predicted molar refractivity (Wildman–Crippen MR) is 380 cm³/mol. The molecule has 0 aliphatic rings.